The predicted octanol–water partition coefficient (Wildman–Crippen LogP) is 5.12. The maximum Gasteiger partial charge on any atom is 0.425 e. The summed E-state index contributed by atoms with van der Waals surface area (Å²) in [7, 11) is 0. The molecule has 0 N–H and O–H groups in total. The van der Waals surface area contributed by atoms with Gasteiger partial charge in [0, 0.05) is 11.5 Å². The number of hydrogen-bond donors (Lipinski definition) is 0. The number of aromatic nitrogens is 1. The van der Waals surface area contributed by atoms with Gasteiger partial charge in [0.25, 0.3) is 0 Å². The highest BCUT2D eigenvalue weighted by molar-refractivity contribution is 6.32. The van der Waals surface area contributed by atoms with E-state index in [0.29, 0.717) is 6.61 Å². The van der Waals surface area contributed by atoms with Crippen molar-refractivity contribution >= 4 is 23.2 Å². The van der Waals surface area contributed by atoms with E-state index in [9.17, 15) is 9.18 Å². The average Bonchev–Trinajstić information content (AvgIpc) is 2.87. The minimum absolute atomic E-state index is 0.0227. The first-order valence-corrected chi connectivity index (χ1v) is 9.53. The van der Waals surface area contributed by atoms with Gasteiger partial charge in [0.05, 0.1) is 23.4 Å². The van der Waals surface area contributed by atoms with Gasteiger partial charge in [-0.1, -0.05) is 44.0 Å². The smallest absolute Gasteiger partial charge is 0.425 e. The molecule has 1 aromatic carbocycles. The van der Waals surface area contributed by atoms with Crippen LogP contribution in [0.3, 0.4) is 0 Å². The van der Waals surface area contributed by atoms with Crippen molar-refractivity contribution in [3.05, 3.63) is 44.4 Å². The fourth-order valence-corrected chi connectivity index (χ4v) is 3.61. The molecule has 2 atom stereocenters. The summed E-state index contributed by atoms with van der Waals surface area (Å²) >= 11 is 12.5. The standard InChI is InChI=1S/C19H22Cl2FNO4/c1-10-5-6-11(9-25-10)26-15-8-14(13(22)7-12(15)20)23-17(21)16(19(2,3)4)27-18(23)24/h7-8,10-11H,5-6,9H2,1-4H3. The van der Waals surface area contributed by atoms with Crippen molar-refractivity contribution in [1.29, 1.82) is 0 Å². The van der Waals surface area contributed by atoms with Gasteiger partial charge >= 0.3 is 5.76 Å². The third-order valence-electron chi connectivity index (χ3n) is 4.43. The monoisotopic (exact) mass is 417 g/mol. The summed E-state index contributed by atoms with van der Waals surface area (Å²) in [5.74, 6) is -0.934. The zero-order chi connectivity index (χ0) is 19.9. The molecular weight excluding hydrogens is 396 g/mol. The molecule has 3 rings (SSSR count). The van der Waals surface area contributed by atoms with Gasteiger partial charge in [-0.05, 0) is 25.8 Å². The molecule has 0 saturated carbocycles. The Hall–Kier alpha value is -1.50. The molecule has 27 heavy (non-hydrogen) atoms. The lowest BCUT2D eigenvalue weighted by Gasteiger charge is -2.27. The Morgan fingerprint density at radius 3 is 2.52 bits per heavy atom. The summed E-state index contributed by atoms with van der Waals surface area (Å²) < 4.78 is 32.3. The minimum atomic E-state index is -0.771. The molecule has 1 saturated heterocycles. The van der Waals surface area contributed by atoms with Crippen molar-refractivity contribution in [3.63, 3.8) is 0 Å². The summed E-state index contributed by atoms with van der Waals surface area (Å²) in [6, 6.07) is 2.47. The third-order valence-corrected chi connectivity index (χ3v) is 5.07. The van der Waals surface area contributed by atoms with E-state index in [1.54, 1.807) is 0 Å². The second-order valence-corrected chi connectivity index (χ2v) is 8.53. The molecule has 0 spiro atoms. The van der Waals surface area contributed by atoms with E-state index in [0.717, 1.165) is 23.5 Å². The lowest BCUT2D eigenvalue weighted by atomic mass is 9.94. The second kappa shape index (κ2) is 7.49. The molecule has 8 heteroatoms. The van der Waals surface area contributed by atoms with E-state index in [2.05, 4.69) is 0 Å². The van der Waals surface area contributed by atoms with Crippen molar-refractivity contribution < 1.29 is 18.3 Å². The number of ether oxygens (including phenoxy) is 2. The lowest BCUT2D eigenvalue weighted by Crippen LogP contribution is -2.32. The van der Waals surface area contributed by atoms with Crippen LogP contribution in [0.2, 0.25) is 10.2 Å². The SMILES string of the molecule is CC1CCC(Oc2cc(-n3c(Cl)c(C(C)(C)C)oc3=O)c(F)cc2Cl)CO1. The molecule has 1 aliphatic rings. The molecule has 0 aliphatic carbocycles. The van der Waals surface area contributed by atoms with E-state index in [1.165, 1.54) is 6.07 Å². The van der Waals surface area contributed by atoms with Crippen LogP contribution in [-0.2, 0) is 10.2 Å². The highest BCUT2D eigenvalue weighted by Gasteiger charge is 2.29. The zero-order valence-corrected chi connectivity index (χ0v) is 17.2. The van der Waals surface area contributed by atoms with Gasteiger partial charge < -0.3 is 13.9 Å². The molecule has 5 nitrogen and oxygen atoms in total. The topological polar surface area (TPSA) is 53.6 Å². The van der Waals surface area contributed by atoms with Crippen LogP contribution in [0.1, 0.15) is 46.3 Å². The van der Waals surface area contributed by atoms with Crippen LogP contribution in [0.4, 0.5) is 4.39 Å². The number of nitrogens with zero attached hydrogens (tertiary/aromatic N) is 1. The van der Waals surface area contributed by atoms with E-state index < -0.39 is 17.0 Å². The van der Waals surface area contributed by atoms with Crippen LogP contribution in [0.25, 0.3) is 5.69 Å². The maximum absolute atomic E-state index is 14.6. The van der Waals surface area contributed by atoms with Crippen LogP contribution >= 0.6 is 23.2 Å². The average molecular weight is 418 g/mol. The molecular formula is C19H22Cl2FNO4. The fraction of sp³-hybridized carbons (Fsp3) is 0.526. The Morgan fingerprint density at radius 1 is 1.26 bits per heavy atom. The first-order chi connectivity index (χ1) is 12.6. The molecule has 1 fully saturated rings. The molecule has 1 aliphatic heterocycles. The van der Waals surface area contributed by atoms with Crippen molar-refractivity contribution in [2.24, 2.45) is 0 Å². The number of oxazole rings is 1. The molecule has 148 valence electrons. The Labute approximate surface area is 167 Å². The van der Waals surface area contributed by atoms with Crippen molar-refractivity contribution in [2.75, 3.05) is 6.61 Å². The van der Waals surface area contributed by atoms with Gasteiger partial charge in [0.1, 0.15) is 17.7 Å². The number of hydrogen-bond acceptors (Lipinski definition) is 4. The molecule has 0 bridgehead atoms. The summed E-state index contributed by atoms with van der Waals surface area (Å²) in [5.41, 5.74) is -0.589. The first-order valence-electron chi connectivity index (χ1n) is 8.77. The Kier molecular flexibility index (Phi) is 5.62. The van der Waals surface area contributed by atoms with Crippen LogP contribution < -0.4 is 10.5 Å². The van der Waals surface area contributed by atoms with Gasteiger partial charge in [-0.3, -0.25) is 0 Å². The predicted molar refractivity (Wildman–Crippen MR) is 102 cm³/mol. The Morgan fingerprint density at radius 2 is 1.96 bits per heavy atom. The van der Waals surface area contributed by atoms with E-state index in [4.69, 9.17) is 37.1 Å². The van der Waals surface area contributed by atoms with E-state index in [-0.39, 0.29) is 39.6 Å². The zero-order valence-electron chi connectivity index (χ0n) is 15.6. The van der Waals surface area contributed by atoms with Crippen LogP contribution in [0.15, 0.2) is 21.3 Å². The van der Waals surface area contributed by atoms with Crippen molar-refractivity contribution in [2.45, 2.75) is 58.2 Å². The van der Waals surface area contributed by atoms with Gasteiger partial charge in [0.2, 0.25) is 0 Å². The van der Waals surface area contributed by atoms with Crippen molar-refractivity contribution in [3.8, 4) is 11.4 Å². The van der Waals surface area contributed by atoms with E-state index >= 15 is 0 Å². The van der Waals surface area contributed by atoms with Crippen LogP contribution in [-0.4, -0.2) is 23.4 Å². The second-order valence-electron chi connectivity index (χ2n) is 7.77. The number of rotatable bonds is 3. The summed E-state index contributed by atoms with van der Waals surface area (Å²) in [6.07, 6.45) is 1.64. The van der Waals surface area contributed by atoms with Gasteiger partial charge in [-0.2, -0.15) is 0 Å². The highest BCUT2D eigenvalue weighted by atomic mass is 35.5. The molecule has 1 aromatic heterocycles. The first kappa shape index (κ1) is 20.2. The van der Waals surface area contributed by atoms with Gasteiger partial charge in [-0.25, -0.2) is 13.8 Å². The fourth-order valence-electron chi connectivity index (χ4n) is 2.93. The molecule has 0 amide bonds. The van der Waals surface area contributed by atoms with Gasteiger partial charge in [-0.15, -0.1) is 0 Å². The summed E-state index contributed by atoms with van der Waals surface area (Å²) in [5, 5.41) is 0.132. The molecule has 2 heterocycles. The Bertz CT molecular complexity index is 892. The van der Waals surface area contributed by atoms with Crippen molar-refractivity contribution in [1.82, 2.24) is 4.57 Å². The number of halogens is 3. The molecule has 2 unspecified atom stereocenters. The summed E-state index contributed by atoms with van der Waals surface area (Å²) in [4.78, 5) is 12.3. The quantitative estimate of drug-likeness (QED) is 0.695. The van der Waals surface area contributed by atoms with E-state index in [1.807, 2.05) is 27.7 Å². The van der Waals surface area contributed by atoms with Crippen LogP contribution in [0.5, 0.6) is 5.75 Å². The highest BCUT2D eigenvalue weighted by Crippen LogP contribution is 2.35. The van der Waals surface area contributed by atoms with Crippen LogP contribution in [0, 0.1) is 5.82 Å². The molecule has 0 radical (unpaired) electrons. The normalized spacial score (nSPS) is 20.7. The maximum atomic E-state index is 14.6. The molecule has 2 aromatic rings. The lowest BCUT2D eigenvalue weighted by molar-refractivity contribution is -0.0372. The Balaban J connectivity index is 2.00. The van der Waals surface area contributed by atoms with Gasteiger partial charge in [0.15, 0.2) is 10.9 Å². The number of benzene rings is 1. The third kappa shape index (κ3) is 4.18. The minimum Gasteiger partial charge on any atom is -0.486 e. The summed E-state index contributed by atoms with van der Waals surface area (Å²) in [6.45, 7) is 7.96. The largest absolute Gasteiger partial charge is 0.486 e.